The van der Waals surface area contributed by atoms with Crippen molar-refractivity contribution in [2.45, 2.75) is 25.7 Å². The van der Waals surface area contributed by atoms with Crippen molar-refractivity contribution in [1.82, 2.24) is 9.78 Å². The molecule has 26 heavy (non-hydrogen) atoms. The van der Waals surface area contributed by atoms with E-state index in [9.17, 15) is 8.42 Å². The topological polar surface area (TPSA) is 103 Å². The zero-order valence-corrected chi connectivity index (χ0v) is 15.5. The van der Waals surface area contributed by atoms with Gasteiger partial charge in [0.05, 0.1) is 27.7 Å². The molecule has 1 aromatic heterocycles. The molecule has 2 N–H and O–H groups in total. The normalized spacial score (nSPS) is 12.0. The van der Waals surface area contributed by atoms with E-state index >= 15 is 0 Å². The summed E-state index contributed by atoms with van der Waals surface area (Å²) in [7, 11) is -3.72. The van der Waals surface area contributed by atoms with Gasteiger partial charge in [-0.2, -0.15) is 10.2 Å². The van der Waals surface area contributed by atoms with E-state index in [1.165, 1.54) is 12.1 Å². The molecule has 8 heteroatoms. The first-order chi connectivity index (χ1) is 12.3. The van der Waals surface area contributed by atoms with Crippen LogP contribution in [0.3, 0.4) is 0 Å². The first-order valence-corrected chi connectivity index (χ1v) is 9.48. The number of aryl methyl sites for hydroxylation is 2. The quantitative estimate of drug-likeness (QED) is 0.706. The Morgan fingerprint density at radius 2 is 1.54 bits per heavy atom. The van der Waals surface area contributed by atoms with Crippen molar-refractivity contribution < 1.29 is 8.42 Å². The molecule has 0 aliphatic carbocycles. The van der Waals surface area contributed by atoms with Crippen LogP contribution in [0.5, 0.6) is 0 Å². The standard InChI is InChI=1S/C18H19N5O2S/c1-12-4-6-15(7-5-12)20-21-18-13(2)22-23(14(18)3)16-8-10-17(11-9-16)26(19,24)25/h4-11H,1-3H3,(H2,19,24,25). The summed E-state index contributed by atoms with van der Waals surface area (Å²) in [6.07, 6.45) is 0. The minimum Gasteiger partial charge on any atom is -0.236 e. The number of aromatic nitrogens is 2. The van der Waals surface area contributed by atoms with E-state index in [1.54, 1.807) is 16.8 Å². The van der Waals surface area contributed by atoms with Crippen LogP contribution in [0.1, 0.15) is 17.0 Å². The molecule has 0 fully saturated rings. The van der Waals surface area contributed by atoms with Crippen molar-refractivity contribution >= 4 is 21.4 Å². The third-order valence-electron chi connectivity index (χ3n) is 3.96. The van der Waals surface area contributed by atoms with E-state index < -0.39 is 10.0 Å². The molecule has 0 atom stereocenters. The van der Waals surface area contributed by atoms with Gasteiger partial charge in [-0.15, -0.1) is 5.11 Å². The van der Waals surface area contributed by atoms with E-state index in [0.29, 0.717) is 5.69 Å². The van der Waals surface area contributed by atoms with Gasteiger partial charge in [-0.05, 0) is 57.2 Å². The molecule has 0 bridgehead atoms. The number of primary sulfonamides is 1. The molecule has 0 amide bonds. The highest BCUT2D eigenvalue weighted by Gasteiger charge is 2.14. The van der Waals surface area contributed by atoms with Gasteiger partial charge in [0.2, 0.25) is 10.0 Å². The molecule has 0 radical (unpaired) electrons. The molecule has 2 aromatic carbocycles. The van der Waals surface area contributed by atoms with Gasteiger partial charge in [0.15, 0.2) is 0 Å². The van der Waals surface area contributed by atoms with E-state index in [0.717, 1.165) is 28.3 Å². The van der Waals surface area contributed by atoms with E-state index in [1.807, 2.05) is 45.0 Å². The second-order valence-corrected chi connectivity index (χ2v) is 7.57. The van der Waals surface area contributed by atoms with E-state index in [2.05, 4.69) is 15.3 Å². The Labute approximate surface area is 152 Å². The maximum Gasteiger partial charge on any atom is 0.238 e. The van der Waals surface area contributed by atoms with Crippen LogP contribution in [0.2, 0.25) is 0 Å². The lowest BCUT2D eigenvalue weighted by Crippen LogP contribution is -2.12. The number of sulfonamides is 1. The number of hydrogen-bond acceptors (Lipinski definition) is 5. The molecule has 0 aliphatic heterocycles. The molecule has 0 aliphatic rings. The Morgan fingerprint density at radius 1 is 0.923 bits per heavy atom. The minimum atomic E-state index is -3.72. The number of hydrogen-bond donors (Lipinski definition) is 1. The van der Waals surface area contributed by atoms with Crippen molar-refractivity contribution in [3.05, 3.63) is 65.5 Å². The highest BCUT2D eigenvalue weighted by atomic mass is 32.2. The second-order valence-electron chi connectivity index (χ2n) is 6.01. The summed E-state index contributed by atoms with van der Waals surface area (Å²) in [5.74, 6) is 0. The summed E-state index contributed by atoms with van der Waals surface area (Å²) in [4.78, 5) is 0.0575. The lowest BCUT2D eigenvalue weighted by Gasteiger charge is -2.05. The molecule has 134 valence electrons. The molecule has 0 saturated carbocycles. The highest BCUT2D eigenvalue weighted by molar-refractivity contribution is 7.89. The van der Waals surface area contributed by atoms with Crippen LogP contribution in [-0.4, -0.2) is 18.2 Å². The summed E-state index contributed by atoms with van der Waals surface area (Å²) in [6, 6.07) is 14.0. The lowest BCUT2D eigenvalue weighted by molar-refractivity contribution is 0.598. The molecular formula is C18H19N5O2S. The van der Waals surface area contributed by atoms with Crippen LogP contribution in [0, 0.1) is 20.8 Å². The number of nitrogens with two attached hydrogens (primary N) is 1. The van der Waals surface area contributed by atoms with Crippen molar-refractivity contribution in [3.8, 4) is 5.69 Å². The summed E-state index contributed by atoms with van der Waals surface area (Å²) in [5, 5.41) is 18.2. The molecule has 7 nitrogen and oxygen atoms in total. The van der Waals surface area contributed by atoms with E-state index in [-0.39, 0.29) is 4.90 Å². The van der Waals surface area contributed by atoms with Crippen molar-refractivity contribution in [1.29, 1.82) is 0 Å². The number of azo groups is 1. The van der Waals surface area contributed by atoms with Crippen molar-refractivity contribution in [2.24, 2.45) is 15.4 Å². The van der Waals surface area contributed by atoms with Crippen LogP contribution in [0.15, 0.2) is 63.7 Å². The first-order valence-electron chi connectivity index (χ1n) is 7.93. The Kier molecular flexibility index (Phi) is 4.71. The van der Waals surface area contributed by atoms with Gasteiger partial charge in [-0.3, -0.25) is 0 Å². The second kappa shape index (κ2) is 6.81. The Bertz CT molecular complexity index is 1070. The Morgan fingerprint density at radius 3 is 2.12 bits per heavy atom. The summed E-state index contributed by atoms with van der Waals surface area (Å²) >= 11 is 0. The van der Waals surface area contributed by atoms with Crippen LogP contribution in [-0.2, 0) is 10.0 Å². The van der Waals surface area contributed by atoms with Gasteiger partial charge < -0.3 is 0 Å². The van der Waals surface area contributed by atoms with Crippen molar-refractivity contribution in [2.75, 3.05) is 0 Å². The molecule has 3 aromatic rings. The molecule has 0 spiro atoms. The van der Waals surface area contributed by atoms with Crippen molar-refractivity contribution in [3.63, 3.8) is 0 Å². The Balaban J connectivity index is 1.94. The van der Waals surface area contributed by atoms with Crippen LogP contribution < -0.4 is 5.14 Å². The number of nitrogens with zero attached hydrogens (tertiary/aromatic N) is 4. The SMILES string of the molecule is Cc1ccc(N=Nc2c(C)nn(-c3ccc(S(N)(=O)=O)cc3)c2C)cc1. The van der Waals surface area contributed by atoms with Crippen LogP contribution >= 0.6 is 0 Å². The summed E-state index contributed by atoms with van der Waals surface area (Å²) < 4.78 is 24.4. The predicted molar refractivity (Wildman–Crippen MR) is 99.8 cm³/mol. The minimum absolute atomic E-state index is 0.0575. The summed E-state index contributed by atoms with van der Waals surface area (Å²) in [6.45, 7) is 5.75. The molecule has 3 rings (SSSR count). The summed E-state index contributed by atoms with van der Waals surface area (Å²) in [5.41, 5.74) is 4.86. The third kappa shape index (κ3) is 3.71. The van der Waals surface area contributed by atoms with Gasteiger partial charge >= 0.3 is 0 Å². The fraction of sp³-hybridized carbons (Fsp3) is 0.167. The zero-order chi connectivity index (χ0) is 18.9. The molecule has 0 unspecified atom stereocenters. The smallest absolute Gasteiger partial charge is 0.236 e. The maximum atomic E-state index is 11.4. The fourth-order valence-electron chi connectivity index (χ4n) is 2.53. The lowest BCUT2D eigenvalue weighted by atomic mass is 10.2. The highest BCUT2D eigenvalue weighted by Crippen LogP contribution is 2.28. The van der Waals surface area contributed by atoms with E-state index in [4.69, 9.17) is 5.14 Å². The van der Waals surface area contributed by atoms with Gasteiger partial charge in [-0.1, -0.05) is 17.7 Å². The molecular weight excluding hydrogens is 350 g/mol. The first kappa shape index (κ1) is 18.0. The average molecular weight is 369 g/mol. The largest absolute Gasteiger partial charge is 0.238 e. The van der Waals surface area contributed by atoms with Gasteiger partial charge in [-0.25, -0.2) is 18.2 Å². The van der Waals surface area contributed by atoms with Gasteiger partial charge in [0, 0.05) is 0 Å². The average Bonchev–Trinajstić information content (AvgIpc) is 2.88. The van der Waals surface area contributed by atoms with Gasteiger partial charge in [0.1, 0.15) is 5.69 Å². The van der Waals surface area contributed by atoms with Gasteiger partial charge in [0.25, 0.3) is 0 Å². The van der Waals surface area contributed by atoms with Crippen LogP contribution in [0.25, 0.3) is 5.69 Å². The number of rotatable bonds is 4. The number of benzene rings is 2. The maximum absolute atomic E-state index is 11.4. The molecule has 1 heterocycles. The fourth-order valence-corrected chi connectivity index (χ4v) is 3.04. The Hall–Kier alpha value is -2.84. The molecule has 0 saturated heterocycles. The predicted octanol–water partition coefficient (Wildman–Crippen LogP) is 3.86. The zero-order valence-electron chi connectivity index (χ0n) is 14.7. The third-order valence-corrected chi connectivity index (χ3v) is 4.89. The van der Waals surface area contributed by atoms with Crippen LogP contribution in [0.4, 0.5) is 11.4 Å². The monoisotopic (exact) mass is 369 g/mol.